The molecule has 6 rings (SSSR count). The fourth-order valence-corrected chi connectivity index (χ4v) is 13.4. The number of hydrogen-bond donors (Lipinski definition) is 0. The van der Waals surface area contributed by atoms with Crippen LogP contribution in [-0.2, 0) is 25.8 Å². The van der Waals surface area contributed by atoms with Crippen LogP contribution in [0.1, 0.15) is 27.7 Å². The summed E-state index contributed by atoms with van der Waals surface area (Å²) in [6.07, 6.45) is 0. The Morgan fingerprint density at radius 2 is 0.833 bits per heavy atom. The minimum atomic E-state index is -2.29. The molecule has 0 aromatic heterocycles. The molecule has 0 N–H and O–H groups in total. The normalized spacial score (nSPS) is 11.2. The number of benzene rings is 4. The van der Waals surface area contributed by atoms with Crippen molar-refractivity contribution in [3.63, 3.8) is 0 Å². The Hall–Kier alpha value is -3.61. The van der Waals surface area contributed by atoms with E-state index in [1.165, 1.54) is 43.0 Å². The van der Waals surface area contributed by atoms with Gasteiger partial charge < -0.3 is 33.8 Å². The summed E-state index contributed by atoms with van der Waals surface area (Å²) >= 11 is 0. The van der Waals surface area contributed by atoms with Gasteiger partial charge in [0.15, 0.2) is 0 Å². The van der Waals surface area contributed by atoms with Crippen molar-refractivity contribution in [3.05, 3.63) is 112 Å². The molecule has 0 bridgehead atoms. The molecule has 48 heavy (non-hydrogen) atoms. The second-order valence-electron chi connectivity index (χ2n) is 12.5. The molecule has 0 atom stereocenters. The molecule has 6 aromatic rings. The summed E-state index contributed by atoms with van der Waals surface area (Å²) in [4.78, 5) is 0. The van der Waals surface area contributed by atoms with Crippen LogP contribution in [0.15, 0.2) is 97.1 Å². The van der Waals surface area contributed by atoms with E-state index in [0.29, 0.717) is 11.1 Å². The van der Waals surface area contributed by atoms with Crippen molar-refractivity contribution < 1.29 is 44.8 Å². The van der Waals surface area contributed by atoms with E-state index in [0.717, 1.165) is 34.1 Å². The first-order chi connectivity index (χ1) is 21.7. The summed E-state index contributed by atoms with van der Waals surface area (Å²) in [7, 11) is 4.51. The molecule has 0 radical (unpaired) electrons. The van der Waals surface area contributed by atoms with Gasteiger partial charge in [0.1, 0.15) is 23.0 Å². The van der Waals surface area contributed by atoms with Crippen molar-refractivity contribution in [1.82, 2.24) is 0 Å². The first-order valence-electron chi connectivity index (χ1n) is 15.6. The predicted octanol–water partition coefficient (Wildman–Crippen LogP) is 10.1. The Bertz CT molecular complexity index is 1800. The molecule has 6 heteroatoms. The first-order valence-corrected chi connectivity index (χ1v) is 17.8. The van der Waals surface area contributed by atoms with Crippen LogP contribution < -0.4 is 29.3 Å². The SMILES string of the molecule is COc1cc(OC)cc(-c2cccc3[cH-]c([Si](c4cc5c(-c6cc(OC)cc(OC)c6)cccc5[cH-]4)(C(C)C)C(C)C)cc23)c1.[CH3-].[CH3-].[Hf+4]. The van der Waals surface area contributed by atoms with Crippen LogP contribution in [0.2, 0.25) is 11.1 Å². The summed E-state index contributed by atoms with van der Waals surface area (Å²) in [6, 6.07) is 35.3. The monoisotopic (exact) mass is 824 g/mol. The quantitative estimate of drug-likeness (QED) is 0.102. The Balaban J connectivity index is 0.00000208. The van der Waals surface area contributed by atoms with E-state index in [-0.39, 0.29) is 40.7 Å². The molecular weight excluding hydrogens is 775 g/mol. The fraction of sp³-hybridized carbons (Fsp3) is 0.238. The zero-order chi connectivity index (χ0) is 31.9. The molecule has 0 saturated carbocycles. The van der Waals surface area contributed by atoms with E-state index in [4.69, 9.17) is 18.9 Å². The van der Waals surface area contributed by atoms with Crippen LogP contribution >= 0.6 is 0 Å². The second-order valence-corrected chi connectivity index (χ2v) is 17.7. The Morgan fingerprint density at radius 1 is 0.500 bits per heavy atom. The maximum absolute atomic E-state index is 5.62. The van der Waals surface area contributed by atoms with Gasteiger partial charge in [-0.1, -0.05) is 51.0 Å². The first kappa shape index (κ1) is 38.8. The van der Waals surface area contributed by atoms with Crippen LogP contribution in [0, 0.1) is 14.9 Å². The second kappa shape index (κ2) is 15.7. The third kappa shape index (κ3) is 6.66. The summed E-state index contributed by atoms with van der Waals surface area (Å²) < 4.78 is 22.5. The fourth-order valence-electron chi connectivity index (χ4n) is 7.54. The molecule has 0 heterocycles. The van der Waals surface area contributed by atoms with Gasteiger partial charge in [0.25, 0.3) is 0 Å². The maximum Gasteiger partial charge on any atom is 4.00 e. The van der Waals surface area contributed by atoms with E-state index in [1.807, 2.05) is 12.1 Å². The third-order valence-electron chi connectivity index (χ3n) is 9.60. The Kier molecular flexibility index (Phi) is 12.7. The number of rotatable bonds is 10. The Morgan fingerprint density at radius 3 is 1.12 bits per heavy atom. The summed E-state index contributed by atoms with van der Waals surface area (Å²) in [5.41, 5.74) is 5.51. The summed E-state index contributed by atoms with van der Waals surface area (Å²) in [5.74, 6) is 3.15. The van der Waals surface area contributed by atoms with Crippen molar-refractivity contribution in [3.8, 4) is 45.3 Å². The van der Waals surface area contributed by atoms with E-state index in [9.17, 15) is 0 Å². The minimum absolute atomic E-state index is 0. The molecule has 0 aliphatic carbocycles. The van der Waals surface area contributed by atoms with Crippen LogP contribution in [0.25, 0.3) is 43.8 Å². The van der Waals surface area contributed by atoms with Gasteiger partial charge in [-0.2, -0.15) is 12.1 Å². The molecule has 6 aromatic carbocycles. The average Bonchev–Trinajstić information content (AvgIpc) is 3.69. The minimum Gasteiger partial charge on any atom is -0.497 e. The Labute approximate surface area is 307 Å². The van der Waals surface area contributed by atoms with Gasteiger partial charge in [-0.15, -0.1) is 68.3 Å². The molecule has 4 nitrogen and oxygen atoms in total. The molecule has 0 fully saturated rings. The molecule has 0 aliphatic heterocycles. The van der Waals surface area contributed by atoms with Gasteiger partial charge in [-0.25, -0.2) is 0 Å². The van der Waals surface area contributed by atoms with Gasteiger partial charge in [0.2, 0.25) is 0 Å². The van der Waals surface area contributed by atoms with Gasteiger partial charge >= 0.3 is 25.8 Å². The summed E-state index contributed by atoms with van der Waals surface area (Å²) in [6.45, 7) is 9.68. The van der Waals surface area contributed by atoms with Crippen molar-refractivity contribution >= 4 is 40.0 Å². The summed E-state index contributed by atoms with van der Waals surface area (Å²) in [5, 5.41) is 8.02. The number of ether oxygens (including phenoxy) is 4. The molecular formula is C42H48HfO4Si. The van der Waals surface area contributed by atoms with Crippen LogP contribution in [0.3, 0.4) is 0 Å². The van der Waals surface area contributed by atoms with E-state index in [2.05, 4.69) is 113 Å². The molecule has 0 unspecified atom stereocenters. The number of methoxy groups -OCH3 is 4. The molecule has 0 saturated heterocycles. The van der Waals surface area contributed by atoms with Crippen molar-refractivity contribution in [2.75, 3.05) is 28.4 Å². The van der Waals surface area contributed by atoms with E-state index < -0.39 is 8.07 Å². The van der Waals surface area contributed by atoms with Gasteiger partial charge in [0.05, 0.1) is 36.5 Å². The zero-order valence-electron chi connectivity index (χ0n) is 30.0. The van der Waals surface area contributed by atoms with E-state index in [1.54, 1.807) is 28.4 Å². The zero-order valence-corrected chi connectivity index (χ0v) is 34.6. The topological polar surface area (TPSA) is 36.9 Å². The van der Waals surface area contributed by atoms with E-state index >= 15 is 0 Å². The van der Waals surface area contributed by atoms with Crippen LogP contribution in [-0.4, -0.2) is 36.5 Å². The maximum atomic E-state index is 5.62. The number of hydrogen-bond acceptors (Lipinski definition) is 4. The van der Waals surface area contributed by atoms with Crippen molar-refractivity contribution in [2.24, 2.45) is 0 Å². The van der Waals surface area contributed by atoms with Crippen molar-refractivity contribution in [2.45, 2.75) is 38.8 Å². The van der Waals surface area contributed by atoms with Gasteiger partial charge in [0, 0.05) is 12.1 Å². The molecule has 0 spiro atoms. The molecule has 248 valence electrons. The predicted molar refractivity (Wildman–Crippen MR) is 204 cm³/mol. The average molecular weight is 823 g/mol. The largest absolute Gasteiger partial charge is 4.00 e. The molecule has 0 aliphatic rings. The van der Waals surface area contributed by atoms with Crippen LogP contribution in [0.4, 0.5) is 0 Å². The number of fused-ring (bicyclic) bond motifs is 2. The van der Waals surface area contributed by atoms with Gasteiger partial charge in [-0.3, -0.25) is 0 Å². The van der Waals surface area contributed by atoms with Crippen molar-refractivity contribution in [1.29, 1.82) is 0 Å². The molecule has 0 amide bonds. The van der Waals surface area contributed by atoms with Gasteiger partial charge in [-0.05, 0) is 46.5 Å². The van der Waals surface area contributed by atoms with Crippen LogP contribution in [0.5, 0.6) is 23.0 Å². The smallest absolute Gasteiger partial charge is 0.497 e. The standard InChI is InChI=1S/C40H42O4Si.2CH3.Hf/c1-25(2)45(26(3)4,35-19-27-11-9-13-37(39(27)23-35)29-15-31(41-5)21-32(16-29)42-6)36-20-28-12-10-14-38(40(28)24-36)30-17-33(43-7)22-34(18-30)44-8;;;/h9-26H,1-8H3;2*1H3;/q-2;2*-1;+4. The third-order valence-corrected chi connectivity index (χ3v) is 15.7.